The Bertz CT molecular complexity index is 257. The van der Waals surface area contributed by atoms with E-state index in [0.717, 1.165) is 0 Å². The van der Waals surface area contributed by atoms with Gasteiger partial charge in [0.15, 0.2) is 0 Å². The minimum atomic E-state index is -1.71. The molecule has 2 N–H and O–H groups in total. The molecule has 0 aromatic rings. The average molecular weight is 217 g/mol. The van der Waals surface area contributed by atoms with Crippen LogP contribution in [0.1, 0.15) is 34.1 Å². The van der Waals surface area contributed by atoms with Gasteiger partial charge in [-0.05, 0) is 27.2 Å². The zero-order valence-corrected chi connectivity index (χ0v) is 9.92. The van der Waals surface area contributed by atoms with Crippen molar-refractivity contribution in [3.05, 3.63) is 0 Å². The predicted molar refractivity (Wildman–Crippen MR) is 55.1 cm³/mol. The number of esters is 2. The quantitative estimate of drug-likeness (QED) is 0.553. The third-order valence-electron chi connectivity index (χ3n) is 1.87. The van der Waals surface area contributed by atoms with Crippen molar-refractivity contribution in [3.8, 4) is 0 Å². The topological polar surface area (TPSA) is 78.6 Å². The summed E-state index contributed by atoms with van der Waals surface area (Å²) in [6.45, 7) is 6.75. The van der Waals surface area contributed by atoms with Crippen LogP contribution in [0.4, 0.5) is 0 Å². The molecule has 0 saturated heterocycles. The molecule has 0 unspecified atom stereocenters. The van der Waals surface area contributed by atoms with Crippen LogP contribution in [0.2, 0.25) is 0 Å². The number of ether oxygens (including phenoxy) is 2. The molecular formula is C10H19NO4. The molecule has 0 aliphatic heterocycles. The maximum absolute atomic E-state index is 11.7. The number of rotatable bonds is 3. The summed E-state index contributed by atoms with van der Waals surface area (Å²) in [5.41, 5.74) is 3.27. The molecule has 0 aliphatic carbocycles. The molecule has 0 amide bonds. The summed E-state index contributed by atoms with van der Waals surface area (Å²) >= 11 is 0. The first-order chi connectivity index (χ1) is 6.67. The van der Waals surface area contributed by atoms with Gasteiger partial charge in [0, 0.05) is 0 Å². The number of hydrogen-bond acceptors (Lipinski definition) is 5. The Hall–Kier alpha value is -1.10. The molecule has 5 nitrogen and oxygen atoms in total. The lowest BCUT2D eigenvalue weighted by Crippen LogP contribution is -2.57. The van der Waals surface area contributed by atoms with Crippen LogP contribution < -0.4 is 5.73 Å². The highest BCUT2D eigenvalue weighted by Crippen LogP contribution is 2.16. The van der Waals surface area contributed by atoms with E-state index in [-0.39, 0.29) is 6.42 Å². The van der Waals surface area contributed by atoms with Gasteiger partial charge in [-0.1, -0.05) is 6.92 Å². The first-order valence-corrected chi connectivity index (χ1v) is 4.78. The van der Waals surface area contributed by atoms with Crippen LogP contribution in [0.3, 0.4) is 0 Å². The van der Waals surface area contributed by atoms with Gasteiger partial charge < -0.3 is 15.2 Å². The van der Waals surface area contributed by atoms with E-state index in [9.17, 15) is 9.59 Å². The Morgan fingerprint density at radius 1 is 1.20 bits per heavy atom. The van der Waals surface area contributed by atoms with E-state index in [1.807, 2.05) is 0 Å². The summed E-state index contributed by atoms with van der Waals surface area (Å²) in [4.78, 5) is 23.0. The largest absolute Gasteiger partial charge is 0.467 e. The molecule has 0 spiro atoms. The van der Waals surface area contributed by atoms with Crippen LogP contribution in [-0.4, -0.2) is 30.2 Å². The number of carbonyl (C=O) groups is 2. The van der Waals surface area contributed by atoms with Crippen molar-refractivity contribution in [2.75, 3.05) is 7.11 Å². The van der Waals surface area contributed by atoms with Crippen molar-refractivity contribution in [2.24, 2.45) is 5.73 Å². The van der Waals surface area contributed by atoms with Gasteiger partial charge in [-0.15, -0.1) is 0 Å². The second-order valence-electron chi connectivity index (χ2n) is 4.32. The van der Waals surface area contributed by atoms with Crippen molar-refractivity contribution in [1.29, 1.82) is 0 Å². The zero-order chi connectivity index (χ0) is 12.3. The molecule has 0 heterocycles. The van der Waals surface area contributed by atoms with E-state index >= 15 is 0 Å². The minimum Gasteiger partial charge on any atom is -0.467 e. The van der Waals surface area contributed by atoms with Crippen LogP contribution in [0, 0.1) is 0 Å². The summed E-state index contributed by atoms with van der Waals surface area (Å²) < 4.78 is 9.53. The third kappa shape index (κ3) is 3.51. The first kappa shape index (κ1) is 13.9. The van der Waals surface area contributed by atoms with Gasteiger partial charge in [-0.3, -0.25) is 0 Å². The summed E-state index contributed by atoms with van der Waals surface area (Å²) in [6.07, 6.45) is 0.134. The van der Waals surface area contributed by atoms with E-state index in [1.165, 1.54) is 7.11 Å². The monoisotopic (exact) mass is 217 g/mol. The van der Waals surface area contributed by atoms with Crippen molar-refractivity contribution >= 4 is 11.9 Å². The van der Waals surface area contributed by atoms with Gasteiger partial charge in [-0.25, -0.2) is 9.59 Å². The van der Waals surface area contributed by atoms with Gasteiger partial charge in [0.25, 0.3) is 0 Å². The smallest absolute Gasteiger partial charge is 0.338 e. The summed E-state index contributed by atoms with van der Waals surface area (Å²) in [6, 6.07) is 0. The molecule has 0 aliphatic rings. The zero-order valence-electron chi connectivity index (χ0n) is 9.92. The second kappa shape index (κ2) is 4.61. The SMILES string of the molecule is CC[C@](N)(C(=O)OC)C(=O)OC(C)(C)C. The van der Waals surface area contributed by atoms with Crippen molar-refractivity contribution in [3.63, 3.8) is 0 Å². The highest BCUT2D eigenvalue weighted by molar-refractivity contribution is 6.04. The van der Waals surface area contributed by atoms with E-state index < -0.39 is 23.1 Å². The van der Waals surface area contributed by atoms with Crippen LogP contribution in [0.25, 0.3) is 0 Å². The van der Waals surface area contributed by atoms with Gasteiger partial charge in [-0.2, -0.15) is 0 Å². The average Bonchev–Trinajstić information content (AvgIpc) is 2.12. The van der Waals surface area contributed by atoms with Gasteiger partial charge in [0.05, 0.1) is 7.11 Å². The van der Waals surface area contributed by atoms with E-state index in [2.05, 4.69) is 4.74 Å². The Kier molecular flexibility index (Phi) is 4.27. The summed E-state index contributed by atoms with van der Waals surface area (Å²) in [7, 11) is 1.18. The van der Waals surface area contributed by atoms with Crippen molar-refractivity contribution in [1.82, 2.24) is 0 Å². The standard InChI is InChI=1S/C10H19NO4/c1-6-10(11,7(12)14-5)8(13)15-9(2,3)4/h6,11H2,1-5H3/t10-/m0/s1. The molecule has 1 atom stereocenters. The van der Waals surface area contributed by atoms with Crippen LogP contribution >= 0.6 is 0 Å². The maximum atomic E-state index is 11.7. The fourth-order valence-electron chi connectivity index (χ4n) is 0.923. The Morgan fingerprint density at radius 2 is 1.67 bits per heavy atom. The number of methoxy groups -OCH3 is 1. The lowest BCUT2D eigenvalue weighted by Gasteiger charge is -2.28. The lowest BCUT2D eigenvalue weighted by molar-refractivity contribution is -0.170. The Labute approximate surface area is 89.9 Å². The highest BCUT2D eigenvalue weighted by Gasteiger charge is 2.44. The molecule has 0 radical (unpaired) electrons. The molecule has 0 fully saturated rings. The number of nitrogens with two attached hydrogens (primary N) is 1. The number of carbonyl (C=O) groups excluding carboxylic acids is 2. The van der Waals surface area contributed by atoms with Gasteiger partial charge >= 0.3 is 11.9 Å². The molecule has 0 aromatic heterocycles. The van der Waals surface area contributed by atoms with Crippen LogP contribution in [0.5, 0.6) is 0 Å². The predicted octanol–water partition coefficient (Wildman–Crippen LogP) is 0.609. The molecule has 0 aromatic carbocycles. The number of hydrogen-bond donors (Lipinski definition) is 1. The third-order valence-corrected chi connectivity index (χ3v) is 1.87. The van der Waals surface area contributed by atoms with Crippen molar-refractivity contribution in [2.45, 2.75) is 45.3 Å². The molecule has 0 saturated carbocycles. The normalized spacial score (nSPS) is 15.3. The molecule has 5 heteroatoms. The second-order valence-corrected chi connectivity index (χ2v) is 4.32. The first-order valence-electron chi connectivity index (χ1n) is 4.78. The van der Waals surface area contributed by atoms with Crippen LogP contribution in [0.15, 0.2) is 0 Å². The molecule has 15 heavy (non-hydrogen) atoms. The summed E-state index contributed by atoms with van der Waals surface area (Å²) in [5.74, 6) is -1.54. The lowest BCUT2D eigenvalue weighted by atomic mass is 9.97. The maximum Gasteiger partial charge on any atom is 0.338 e. The fraction of sp³-hybridized carbons (Fsp3) is 0.800. The molecule has 0 bridgehead atoms. The van der Waals surface area contributed by atoms with Gasteiger partial charge in [0.2, 0.25) is 5.54 Å². The molecule has 0 rings (SSSR count). The van der Waals surface area contributed by atoms with E-state index in [0.29, 0.717) is 0 Å². The summed E-state index contributed by atoms with van der Waals surface area (Å²) in [5, 5.41) is 0. The highest BCUT2D eigenvalue weighted by atomic mass is 16.6. The van der Waals surface area contributed by atoms with E-state index in [4.69, 9.17) is 10.5 Å². The Morgan fingerprint density at radius 3 is 1.93 bits per heavy atom. The molecular weight excluding hydrogens is 198 g/mol. The van der Waals surface area contributed by atoms with E-state index in [1.54, 1.807) is 27.7 Å². The minimum absolute atomic E-state index is 0.134. The van der Waals surface area contributed by atoms with Crippen LogP contribution in [-0.2, 0) is 19.1 Å². The van der Waals surface area contributed by atoms with Crippen molar-refractivity contribution < 1.29 is 19.1 Å². The van der Waals surface area contributed by atoms with Gasteiger partial charge in [0.1, 0.15) is 5.60 Å². The molecule has 88 valence electrons. The Balaban J connectivity index is 4.82. The fourth-order valence-corrected chi connectivity index (χ4v) is 0.923.